The first-order chi connectivity index (χ1) is 8.36. The fourth-order valence-electron chi connectivity index (χ4n) is 2.13. The maximum Gasteiger partial charge on any atom is 0.0722 e. The maximum absolute atomic E-state index is 5.68. The number of nitrogens with two attached hydrogens (primary N) is 1. The molecule has 0 amide bonds. The van der Waals surface area contributed by atoms with Crippen LogP contribution >= 0.6 is 0 Å². The fourth-order valence-corrected chi connectivity index (χ4v) is 2.13. The minimum absolute atomic E-state index is 0.677. The standard InChI is InChI=1S/C14H19N3/c1-2-10-17(11-8-15)14-7-9-16-13-6-4-3-5-12(13)14/h3-7,9H,2,8,10-11,15H2,1H3. The molecule has 0 saturated heterocycles. The summed E-state index contributed by atoms with van der Waals surface area (Å²) in [5.41, 5.74) is 7.97. The summed E-state index contributed by atoms with van der Waals surface area (Å²) >= 11 is 0. The molecule has 90 valence electrons. The Morgan fingerprint density at radius 1 is 1.18 bits per heavy atom. The van der Waals surface area contributed by atoms with Crippen molar-refractivity contribution >= 4 is 16.6 Å². The Hall–Kier alpha value is -1.61. The number of benzene rings is 1. The van der Waals surface area contributed by atoms with E-state index in [9.17, 15) is 0 Å². The van der Waals surface area contributed by atoms with E-state index in [0.717, 1.165) is 25.0 Å². The number of rotatable bonds is 5. The Bertz CT molecular complexity index is 470. The first-order valence-corrected chi connectivity index (χ1v) is 6.15. The Morgan fingerprint density at radius 3 is 2.76 bits per heavy atom. The molecular formula is C14H19N3. The molecule has 0 atom stereocenters. The molecule has 2 N–H and O–H groups in total. The van der Waals surface area contributed by atoms with Crippen LogP contribution < -0.4 is 10.6 Å². The molecule has 0 unspecified atom stereocenters. The third kappa shape index (κ3) is 2.56. The van der Waals surface area contributed by atoms with Gasteiger partial charge in [-0.15, -0.1) is 0 Å². The fraction of sp³-hybridized carbons (Fsp3) is 0.357. The average molecular weight is 229 g/mol. The summed E-state index contributed by atoms with van der Waals surface area (Å²) in [5, 5.41) is 1.21. The minimum atomic E-state index is 0.677. The number of para-hydroxylation sites is 1. The van der Waals surface area contributed by atoms with Crippen LogP contribution in [0.25, 0.3) is 10.9 Å². The van der Waals surface area contributed by atoms with E-state index in [0.29, 0.717) is 6.54 Å². The molecule has 0 bridgehead atoms. The predicted octanol–water partition coefficient (Wildman–Crippen LogP) is 2.41. The summed E-state index contributed by atoms with van der Waals surface area (Å²) in [6.45, 7) is 4.79. The summed E-state index contributed by atoms with van der Waals surface area (Å²) in [4.78, 5) is 6.72. The van der Waals surface area contributed by atoms with Crippen LogP contribution in [0.15, 0.2) is 36.5 Å². The number of anilines is 1. The van der Waals surface area contributed by atoms with Gasteiger partial charge in [0.1, 0.15) is 0 Å². The van der Waals surface area contributed by atoms with E-state index in [1.54, 1.807) is 0 Å². The van der Waals surface area contributed by atoms with Crippen LogP contribution in [0.3, 0.4) is 0 Å². The van der Waals surface area contributed by atoms with E-state index in [2.05, 4.69) is 35.0 Å². The van der Waals surface area contributed by atoms with Gasteiger partial charge in [-0.25, -0.2) is 0 Å². The molecule has 1 heterocycles. The summed E-state index contributed by atoms with van der Waals surface area (Å²) in [6.07, 6.45) is 2.99. The van der Waals surface area contributed by atoms with E-state index < -0.39 is 0 Å². The number of fused-ring (bicyclic) bond motifs is 1. The zero-order valence-electron chi connectivity index (χ0n) is 10.3. The lowest BCUT2D eigenvalue weighted by atomic mass is 10.1. The van der Waals surface area contributed by atoms with Gasteiger partial charge in [-0.05, 0) is 18.6 Å². The Labute approximate surface area is 102 Å². The van der Waals surface area contributed by atoms with Gasteiger partial charge in [-0.3, -0.25) is 4.98 Å². The smallest absolute Gasteiger partial charge is 0.0722 e. The zero-order chi connectivity index (χ0) is 12.1. The van der Waals surface area contributed by atoms with E-state index in [1.807, 2.05) is 18.3 Å². The van der Waals surface area contributed by atoms with Crippen LogP contribution in [0.1, 0.15) is 13.3 Å². The van der Waals surface area contributed by atoms with Crippen LogP contribution in [-0.4, -0.2) is 24.6 Å². The molecule has 0 spiro atoms. The highest BCUT2D eigenvalue weighted by atomic mass is 15.1. The molecule has 2 aromatic rings. The van der Waals surface area contributed by atoms with Crippen molar-refractivity contribution < 1.29 is 0 Å². The highest BCUT2D eigenvalue weighted by molar-refractivity contribution is 5.91. The summed E-state index contributed by atoms with van der Waals surface area (Å²) in [5.74, 6) is 0. The summed E-state index contributed by atoms with van der Waals surface area (Å²) in [6, 6.07) is 10.3. The maximum atomic E-state index is 5.68. The van der Waals surface area contributed by atoms with Crippen molar-refractivity contribution in [2.45, 2.75) is 13.3 Å². The van der Waals surface area contributed by atoms with Crippen molar-refractivity contribution in [1.82, 2.24) is 4.98 Å². The molecule has 0 aliphatic heterocycles. The second kappa shape index (κ2) is 5.64. The molecule has 1 aromatic carbocycles. The molecular weight excluding hydrogens is 210 g/mol. The average Bonchev–Trinajstić information content (AvgIpc) is 2.38. The third-order valence-corrected chi connectivity index (χ3v) is 2.86. The van der Waals surface area contributed by atoms with Gasteiger partial charge in [0.25, 0.3) is 0 Å². The molecule has 0 radical (unpaired) electrons. The van der Waals surface area contributed by atoms with Gasteiger partial charge >= 0.3 is 0 Å². The van der Waals surface area contributed by atoms with Gasteiger partial charge in [0, 0.05) is 36.9 Å². The van der Waals surface area contributed by atoms with Gasteiger partial charge in [-0.1, -0.05) is 25.1 Å². The van der Waals surface area contributed by atoms with Crippen LogP contribution in [0.4, 0.5) is 5.69 Å². The topological polar surface area (TPSA) is 42.1 Å². The van der Waals surface area contributed by atoms with Crippen LogP contribution in [-0.2, 0) is 0 Å². The number of pyridine rings is 1. The highest BCUT2D eigenvalue weighted by Gasteiger charge is 2.08. The largest absolute Gasteiger partial charge is 0.370 e. The highest BCUT2D eigenvalue weighted by Crippen LogP contribution is 2.24. The van der Waals surface area contributed by atoms with Gasteiger partial charge in [0.15, 0.2) is 0 Å². The molecule has 3 nitrogen and oxygen atoms in total. The number of nitrogens with zero attached hydrogens (tertiary/aromatic N) is 2. The normalized spacial score (nSPS) is 10.7. The second-order valence-electron chi connectivity index (χ2n) is 4.12. The van der Waals surface area contributed by atoms with E-state index in [4.69, 9.17) is 5.73 Å². The van der Waals surface area contributed by atoms with Crippen molar-refractivity contribution in [3.63, 3.8) is 0 Å². The number of hydrogen-bond acceptors (Lipinski definition) is 3. The van der Waals surface area contributed by atoms with Crippen LogP contribution in [0.2, 0.25) is 0 Å². The molecule has 3 heteroatoms. The lowest BCUT2D eigenvalue weighted by Gasteiger charge is -2.24. The summed E-state index contributed by atoms with van der Waals surface area (Å²) < 4.78 is 0. The monoisotopic (exact) mass is 229 g/mol. The first kappa shape index (κ1) is 11.9. The molecule has 17 heavy (non-hydrogen) atoms. The third-order valence-electron chi connectivity index (χ3n) is 2.86. The lowest BCUT2D eigenvalue weighted by molar-refractivity contribution is 0.765. The van der Waals surface area contributed by atoms with Gasteiger partial charge in [-0.2, -0.15) is 0 Å². The van der Waals surface area contributed by atoms with Crippen molar-refractivity contribution in [3.8, 4) is 0 Å². The van der Waals surface area contributed by atoms with Crippen molar-refractivity contribution in [3.05, 3.63) is 36.5 Å². The Balaban J connectivity index is 2.44. The zero-order valence-corrected chi connectivity index (χ0v) is 10.3. The SMILES string of the molecule is CCCN(CCN)c1ccnc2ccccc12. The molecule has 0 fully saturated rings. The van der Waals surface area contributed by atoms with Crippen LogP contribution in [0.5, 0.6) is 0 Å². The molecule has 0 aliphatic rings. The van der Waals surface area contributed by atoms with Crippen LogP contribution in [0, 0.1) is 0 Å². The molecule has 2 rings (SSSR count). The van der Waals surface area contributed by atoms with Gasteiger partial charge in [0.2, 0.25) is 0 Å². The number of hydrogen-bond donors (Lipinski definition) is 1. The molecule has 1 aromatic heterocycles. The predicted molar refractivity (Wildman–Crippen MR) is 73.3 cm³/mol. The Kier molecular flexibility index (Phi) is 3.94. The van der Waals surface area contributed by atoms with Crippen molar-refractivity contribution in [2.75, 3.05) is 24.5 Å². The van der Waals surface area contributed by atoms with Gasteiger partial charge < -0.3 is 10.6 Å². The molecule has 0 aliphatic carbocycles. The first-order valence-electron chi connectivity index (χ1n) is 6.15. The second-order valence-corrected chi connectivity index (χ2v) is 4.12. The van der Waals surface area contributed by atoms with Crippen molar-refractivity contribution in [1.29, 1.82) is 0 Å². The Morgan fingerprint density at radius 2 is 2.00 bits per heavy atom. The summed E-state index contributed by atoms with van der Waals surface area (Å²) in [7, 11) is 0. The minimum Gasteiger partial charge on any atom is -0.370 e. The number of aromatic nitrogens is 1. The van der Waals surface area contributed by atoms with Gasteiger partial charge in [0.05, 0.1) is 5.52 Å². The van der Waals surface area contributed by atoms with E-state index in [-0.39, 0.29) is 0 Å². The lowest BCUT2D eigenvalue weighted by Crippen LogP contribution is -2.30. The van der Waals surface area contributed by atoms with Crippen molar-refractivity contribution in [2.24, 2.45) is 5.73 Å². The quantitative estimate of drug-likeness (QED) is 0.856. The van der Waals surface area contributed by atoms with E-state index >= 15 is 0 Å². The molecule has 0 saturated carbocycles. The van der Waals surface area contributed by atoms with E-state index in [1.165, 1.54) is 11.1 Å².